The Morgan fingerprint density at radius 1 is 0.349 bits per heavy atom. The van der Waals surface area contributed by atoms with Crippen LogP contribution in [0.4, 0.5) is 17.1 Å². The second-order valence-electron chi connectivity index (χ2n) is 17.3. The molecule has 2 nitrogen and oxygen atoms in total. The highest BCUT2D eigenvalue weighted by atomic mass is 16.3. The maximum Gasteiger partial charge on any atom is 0.143 e. The van der Waals surface area contributed by atoms with Crippen LogP contribution in [0, 0.1) is 0 Å². The summed E-state index contributed by atoms with van der Waals surface area (Å²) < 4.78 is 6.45. The van der Waals surface area contributed by atoms with Gasteiger partial charge in [0.25, 0.3) is 0 Å². The van der Waals surface area contributed by atoms with Crippen molar-refractivity contribution in [3.05, 3.63) is 236 Å². The van der Waals surface area contributed by atoms with E-state index in [0.717, 1.165) is 50.1 Å². The first-order valence-corrected chi connectivity index (χ1v) is 21.8. The van der Waals surface area contributed by atoms with E-state index in [0.29, 0.717) is 0 Å². The molecule has 63 heavy (non-hydrogen) atoms. The van der Waals surface area contributed by atoms with Gasteiger partial charge in [0.2, 0.25) is 0 Å². The number of furan rings is 1. The lowest BCUT2D eigenvalue weighted by Gasteiger charge is -2.27. The third kappa shape index (κ3) is 6.09. The van der Waals surface area contributed by atoms with Gasteiger partial charge in [0.15, 0.2) is 0 Å². The van der Waals surface area contributed by atoms with Gasteiger partial charge in [0.1, 0.15) is 11.2 Å². The minimum Gasteiger partial charge on any atom is -0.455 e. The van der Waals surface area contributed by atoms with Crippen LogP contribution in [0.1, 0.15) is 25.0 Å². The summed E-state index contributed by atoms with van der Waals surface area (Å²) in [5.41, 5.74) is 19.9. The highest BCUT2D eigenvalue weighted by Gasteiger charge is 2.37. The topological polar surface area (TPSA) is 16.4 Å². The molecule has 2 heteroatoms. The van der Waals surface area contributed by atoms with E-state index in [4.69, 9.17) is 4.42 Å². The predicted octanol–water partition coefficient (Wildman–Crippen LogP) is 17.2. The normalized spacial score (nSPS) is 12.7. The Morgan fingerprint density at radius 3 is 1.63 bits per heavy atom. The Labute approximate surface area is 368 Å². The zero-order valence-corrected chi connectivity index (χ0v) is 35.2. The number of rotatable bonds is 7. The summed E-state index contributed by atoms with van der Waals surface area (Å²) in [6.45, 7) is 4.72. The van der Waals surface area contributed by atoms with Crippen molar-refractivity contribution >= 4 is 49.8 Å². The van der Waals surface area contributed by atoms with E-state index in [9.17, 15) is 0 Å². The number of hydrogen-bond donors (Lipinski definition) is 0. The number of nitrogens with zero attached hydrogens (tertiary/aromatic N) is 1. The second kappa shape index (κ2) is 14.6. The lowest BCUT2D eigenvalue weighted by Crippen LogP contribution is -2.16. The Hall–Kier alpha value is -7.94. The first-order valence-electron chi connectivity index (χ1n) is 21.8. The Kier molecular flexibility index (Phi) is 8.55. The molecule has 1 aromatic heterocycles. The number of para-hydroxylation sites is 2. The summed E-state index contributed by atoms with van der Waals surface area (Å²) >= 11 is 0. The van der Waals surface area contributed by atoms with Crippen molar-refractivity contribution in [2.24, 2.45) is 0 Å². The highest BCUT2D eigenvalue weighted by Crippen LogP contribution is 2.52. The SMILES string of the molecule is CC1(C)c2ccccc2-c2cccc(-c3ccc(N(c4ccc(-c5cccc(-c6cccc7ccccc67)c5)cc4)c4ccc(-c5cccc6c5oc5ccccc56)cc4)cc3)c21. The largest absolute Gasteiger partial charge is 0.455 e. The molecule has 0 spiro atoms. The first kappa shape index (κ1) is 36.9. The number of anilines is 3. The minimum atomic E-state index is -0.0994. The molecule has 0 N–H and O–H groups in total. The molecule has 0 fully saturated rings. The van der Waals surface area contributed by atoms with Crippen LogP contribution in [0.2, 0.25) is 0 Å². The van der Waals surface area contributed by atoms with Crippen molar-refractivity contribution in [1.29, 1.82) is 0 Å². The molecule has 1 heterocycles. The molecule has 0 saturated carbocycles. The Balaban J connectivity index is 0.932. The van der Waals surface area contributed by atoms with Crippen LogP contribution in [0.5, 0.6) is 0 Å². The van der Waals surface area contributed by atoms with Crippen LogP contribution < -0.4 is 4.90 Å². The predicted molar refractivity (Wildman–Crippen MR) is 265 cm³/mol. The van der Waals surface area contributed by atoms with Crippen LogP contribution in [0.3, 0.4) is 0 Å². The minimum absolute atomic E-state index is 0.0994. The quantitative estimate of drug-likeness (QED) is 0.160. The van der Waals surface area contributed by atoms with E-state index in [-0.39, 0.29) is 5.41 Å². The number of hydrogen-bond acceptors (Lipinski definition) is 2. The summed E-state index contributed by atoms with van der Waals surface area (Å²) in [6.07, 6.45) is 0. The summed E-state index contributed by atoms with van der Waals surface area (Å²) in [4.78, 5) is 2.36. The molecule has 11 aromatic rings. The van der Waals surface area contributed by atoms with Crippen molar-refractivity contribution in [1.82, 2.24) is 0 Å². The Bertz CT molecular complexity index is 3510. The zero-order valence-electron chi connectivity index (χ0n) is 35.2. The maximum atomic E-state index is 6.45. The van der Waals surface area contributed by atoms with Crippen LogP contribution in [0.15, 0.2) is 229 Å². The van der Waals surface area contributed by atoms with Gasteiger partial charge in [-0.15, -0.1) is 0 Å². The van der Waals surface area contributed by atoms with Gasteiger partial charge in [0.05, 0.1) is 0 Å². The fraction of sp³-hybridized carbons (Fsp3) is 0.0492. The third-order valence-electron chi connectivity index (χ3n) is 13.3. The maximum absolute atomic E-state index is 6.45. The van der Waals surface area contributed by atoms with Gasteiger partial charge < -0.3 is 9.32 Å². The summed E-state index contributed by atoms with van der Waals surface area (Å²) in [6, 6.07) is 81.5. The average molecular weight is 806 g/mol. The number of benzene rings is 10. The molecule has 1 aliphatic rings. The van der Waals surface area contributed by atoms with Gasteiger partial charge in [-0.05, 0) is 121 Å². The van der Waals surface area contributed by atoms with Crippen molar-refractivity contribution < 1.29 is 4.42 Å². The van der Waals surface area contributed by atoms with E-state index in [2.05, 4.69) is 231 Å². The molecule has 0 aliphatic heterocycles. The molecular weight excluding hydrogens is 763 g/mol. The van der Waals surface area contributed by atoms with E-state index >= 15 is 0 Å². The third-order valence-corrected chi connectivity index (χ3v) is 13.3. The van der Waals surface area contributed by atoms with Crippen LogP contribution in [-0.4, -0.2) is 0 Å². The van der Waals surface area contributed by atoms with Gasteiger partial charge >= 0.3 is 0 Å². The van der Waals surface area contributed by atoms with Crippen LogP contribution >= 0.6 is 0 Å². The van der Waals surface area contributed by atoms with E-state index in [1.165, 1.54) is 66.4 Å². The molecule has 298 valence electrons. The van der Waals surface area contributed by atoms with Gasteiger partial charge in [-0.25, -0.2) is 0 Å². The van der Waals surface area contributed by atoms with E-state index in [1.54, 1.807) is 0 Å². The van der Waals surface area contributed by atoms with Crippen LogP contribution in [-0.2, 0) is 5.41 Å². The summed E-state index contributed by atoms with van der Waals surface area (Å²) in [7, 11) is 0. The van der Waals surface area contributed by atoms with Crippen LogP contribution in [0.25, 0.3) is 88.3 Å². The molecule has 0 amide bonds. The molecule has 0 radical (unpaired) electrons. The fourth-order valence-corrected chi connectivity index (χ4v) is 10.2. The van der Waals surface area contributed by atoms with Gasteiger partial charge in [-0.1, -0.05) is 190 Å². The fourth-order valence-electron chi connectivity index (χ4n) is 10.2. The van der Waals surface area contributed by atoms with E-state index in [1.807, 2.05) is 12.1 Å². The zero-order chi connectivity index (χ0) is 42.1. The smallest absolute Gasteiger partial charge is 0.143 e. The molecule has 0 saturated heterocycles. The lowest BCUT2D eigenvalue weighted by molar-refractivity contribution is 0.662. The van der Waals surface area contributed by atoms with E-state index < -0.39 is 0 Å². The van der Waals surface area contributed by atoms with Gasteiger partial charge in [-0.2, -0.15) is 0 Å². The average Bonchev–Trinajstić information content (AvgIpc) is 3.84. The summed E-state index contributed by atoms with van der Waals surface area (Å²) in [5, 5.41) is 4.78. The van der Waals surface area contributed by atoms with Crippen molar-refractivity contribution in [2.75, 3.05) is 4.90 Å². The van der Waals surface area contributed by atoms with Crippen molar-refractivity contribution in [3.8, 4) is 55.6 Å². The van der Waals surface area contributed by atoms with Crippen molar-refractivity contribution in [2.45, 2.75) is 19.3 Å². The Morgan fingerprint density at radius 2 is 0.857 bits per heavy atom. The summed E-state index contributed by atoms with van der Waals surface area (Å²) in [5.74, 6) is 0. The first-order chi connectivity index (χ1) is 31.0. The number of fused-ring (bicyclic) bond motifs is 7. The molecule has 0 unspecified atom stereocenters. The molecule has 0 atom stereocenters. The highest BCUT2D eigenvalue weighted by molar-refractivity contribution is 6.09. The molecule has 0 bridgehead atoms. The molecule has 12 rings (SSSR count). The molecule has 1 aliphatic carbocycles. The van der Waals surface area contributed by atoms with Crippen molar-refractivity contribution in [3.63, 3.8) is 0 Å². The van der Waals surface area contributed by atoms with Gasteiger partial charge in [0, 0.05) is 38.8 Å². The molecule has 10 aromatic carbocycles. The van der Waals surface area contributed by atoms with Gasteiger partial charge in [-0.3, -0.25) is 0 Å². The standard InChI is InChI=1S/C61H43NO/c1-61(2)57-25-7-5-18-53(57)55-23-11-21-51(59(55)61)42-29-35-47(36-30-42)62(48-37-31-43(32-38-48)52-22-12-24-56-54-19-6-8-26-58(54)63-60(52)56)46-33-27-40(28-34-46)44-15-9-16-45(39-44)50-20-10-14-41-13-3-4-17-49(41)50/h3-39H,1-2H3. The lowest BCUT2D eigenvalue weighted by atomic mass is 9.79. The second-order valence-corrected chi connectivity index (χ2v) is 17.3. The molecular formula is C61H43NO. The monoisotopic (exact) mass is 805 g/mol.